The largest absolute Gasteiger partial charge is 0.315 e. The van der Waals surface area contributed by atoms with E-state index >= 15 is 0 Å². The Morgan fingerprint density at radius 1 is 1.05 bits per heavy atom. The number of hydrogen-bond acceptors (Lipinski definition) is 3. The molecule has 0 fully saturated rings. The van der Waals surface area contributed by atoms with Gasteiger partial charge in [-0.05, 0) is 32.8 Å². The number of pyridine rings is 1. The third-order valence-corrected chi connectivity index (χ3v) is 2.82. The van der Waals surface area contributed by atoms with Crippen molar-refractivity contribution in [1.82, 2.24) is 4.57 Å². The Labute approximate surface area is 120 Å². The Morgan fingerprint density at radius 3 is 2.25 bits per heavy atom. The van der Waals surface area contributed by atoms with Gasteiger partial charge in [0.1, 0.15) is 5.78 Å². The average molecular weight is 279 g/mol. The number of rotatable bonds is 7. The molecule has 0 spiro atoms. The van der Waals surface area contributed by atoms with Gasteiger partial charge in [-0.15, -0.1) is 0 Å². The lowest BCUT2D eigenvalue weighted by Gasteiger charge is -2.06. The summed E-state index contributed by atoms with van der Waals surface area (Å²) in [5.74, 6) is 0.158. The number of aryl methyl sites for hydroxylation is 1. The summed E-state index contributed by atoms with van der Waals surface area (Å²) >= 11 is 0. The van der Waals surface area contributed by atoms with Gasteiger partial charge in [-0.25, -0.2) is 0 Å². The molecule has 1 aromatic heterocycles. The fourth-order valence-corrected chi connectivity index (χ4v) is 1.75. The van der Waals surface area contributed by atoms with Crippen molar-refractivity contribution in [3.05, 3.63) is 34.2 Å². The van der Waals surface area contributed by atoms with Crippen LogP contribution in [0.15, 0.2) is 23.1 Å². The molecule has 0 aliphatic carbocycles. The zero-order chi connectivity index (χ0) is 15.5. The van der Waals surface area contributed by atoms with E-state index in [4.69, 9.17) is 0 Å². The number of Topliss-reactive ketones (excluding diaryl/α,β-unsaturated/α-hetero) is 2. The minimum absolute atomic E-state index is 0.0414. The highest BCUT2D eigenvalue weighted by Crippen LogP contribution is 2.03. The topological polar surface area (TPSA) is 56.1 Å². The fraction of sp³-hybridized carbons (Fsp3) is 0.562. The SMILES string of the molecule is CC.CC(=O)CCCCCn1cc(C(C)=O)ccc1=O. The maximum Gasteiger partial charge on any atom is 0.250 e. The third kappa shape index (κ3) is 7.02. The second kappa shape index (κ2) is 10.1. The van der Waals surface area contributed by atoms with Crippen LogP contribution >= 0.6 is 0 Å². The van der Waals surface area contributed by atoms with Crippen molar-refractivity contribution >= 4 is 11.6 Å². The first-order valence-electron chi connectivity index (χ1n) is 7.21. The van der Waals surface area contributed by atoms with Crippen LogP contribution in [-0.2, 0) is 11.3 Å². The van der Waals surface area contributed by atoms with Gasteiger partial charge in [-0.3, -0.25) is 9.59 Å². The highest BCUT2D eigenvalue weighted by atomic mass is 16.1. The lowest BCUT2D eigenvalue weighted by Crippen LogP contribution is -2.19. The molecule has 0 N–H and O–H groups in total. The van der Waals surface area contributed by atoms with Gasteiger partial charge < -0.3 is 9.36 Å². The number of carbonyl (C=O) groups is 2. The number of ketones is 2. The first-order valence-corrected chi connectivity index (χ1v) is 7.21. The molecular formula is C16H25NO3. The molecule has 1 rings (SSSR count). The molecule has 0 radical (unpaired) electrons. The summed E-state index contributed by atoms with van der Waals surface area (Å²) in [6.07, 6.45) is 4.82. The summed E-state index contributed by atoms with van der Waals surface area (Å²) < 4.78 is 1.56. The lowest BCUT2D eigenvalue weighted by atomic mass is 10.1. The van der Waals surface area contributed by atoms with E-state index in [-0.39, 0.29) is 17.1 Å². The smallest absolute Gasteiger partial charge is 0.250 e. The Morgan fingerprint density at radius 2 is 1.70 bits per heavy atom. The second-order valence-electron chi connectivity index (χ2n) is 4.52. The summed E-state index contributed by atoms with van der Waals surface area (Å²) in [4.78, 5) is 33.5. The Balaban J connectivity index is 0.00000172. The van der Waals surface area contributed by atoms with Gasteiger partial charge in [-0.2, -0.15) is 0 Å². The van der Waals surface area contributed by atoms with E-state index in [0.717, 1.165) is 19.3 Å². The Hall–Kier alpha value is -1.71. The number of aromatic nitrogens is 1. The summed E-state index contributed by atoms with van der Waals surface area (Å²) in [6.45, 7) is 7.66. The molecular weight excluding hydrogens is 254 g/mol. The number of nitrogens with zero attached hydrogens (tertiary/aromatic N) is 1. The molecule has 0 aliphatic rings. The van der Waals surface area contributed by atoms with E-state index in [1.165, 1.54) is 13.0 Å². The van der Waals surface area contributed by atoms with Crippen molar-refractivity contribution in [2.45, 2.75) is 59.9 Å². The van der Waals surface area contributed by atoms with Crippen LogP contribution in [0.4, 0.5) is 0 Å². The first kappa shape index (κ1) is 18.3. The average Bonchev–Trinajstić information content (AvgIpc) is 2.42. The number of carbonyl (C=O) groups excluding carboxylic acids is 2. The van der Waals surface area contributed by atoms with Gasteiger partial charge in [0.05, 0.1) is 0 Å². The maximum atomic E-state index is 11.6. The van der Waals surface area contributed by atoms with Crippen molar-refractivity contribution in [2.24, 2.45) is 0 Å². The maximum absolute atomic E-state index is 11.6. The molecule has 4 nitrogen and oxygen atoms in total. The Bertz CT molecular complexity index is 489. The van der Waals surface area contributed by atoms with Crippen LogP contribution in [0.5, 0.6) is 0 Å². The zero-order valence-corrected chi connectivity index (χ0v) is 12.9. The van der Waals surface area contributed by atoms with E-state index in [1.54, 1.807) is 23.8 Å². The van der Waals surface area contributed by atoms with E-state index in [1.807, 2.05) is 13.8 Å². The van der Waals surface area contributed by atoms with Crippen LogP contribution in [0.2, 0.25) is 0 Å². The molecule has 4 heteroatoms. The second-order valence-corrected chi connectivity index (χ2v) is 4.52. The monoisotopic (exact) mass is 279 g/mol. The zero-order valence-electron chi connectivity index (χ0n) is 12.9. The normalized spacial score (nSPS) is 9.60. The number of hydrogen-bond donors (Lipinski definition) is 0. The highest BCUT2D eigenvalue weighted by Gasteiger charge is 2.02. The minimum atomic E-state index is -0.0911. The van der Waals surface area contributed by atoms with Gasteiger partial charge in [-0.1, -0.05) is 20.3 Å². The standard InChI is InChI=1S/C14H19NO3.C2H6/c1-11(16)6-4-3-5-9-15-10-13(12(2)17)7-8-14(15)18;1-2/h7-8,10H,3-6,9H2,1-2H3;1-2H3. The molecule has 1 aromatic rings. The molecule has 1 heterocycles. The summed E-state index contributed by atoms with van der Waals surface area (Å²) in [5.41, 5.74) is 0.463. The molecule has 0 saturated heterocycles. The van der Waals surface area contributed by atoms with Crippen molar-refractivity contribution in [3.63, 3.8) is 0 Å². The molecule has 112 valence electrons. The third-order valence-electron chi connectivity index (χ3n) is 2.82. The minimum Gasteiger partial charge on any atom is -0.315 e. The molecule has 0 aliphatic heterocycles. The van der Waals surface area contributed by atoms with E-state index in [9.17, 15) is 14.4 Å². The summed E-state index contributed by atoms with van der Waals surface area (Å²) in [7, 11) is 0. The van der Waals surface area contributed by atoms with Crippen molar-refractivity contribution < 1.29 is 9.59 Å². The van der Waals surface area contributed by atoms with E-state index < -0.39 is 0 Å². The van der Waals surface area contributed by atoms with Crippen molar-refractivity contribution in [1.29, 1.82) is 0 Å². The molecule has 0 aromatic carbocycles. The van der Waals surface area contributed by atoms with Crippen molar-refractivity contribution in [3.8, 4) is 0 Å². The molecule has 20 heavy (non-hydrogen) atoms. The van der Waals surface area contributed by atoms with E-state index in [2.05, 4.69) is 0 Å². The summed E-state index contributed by atoms with van der Waals surface area (Å²) in [5, 5.41) is 0. The predicted molar refractivity (Wildman–Crippen MR) is 81.2 cm³/mol. The van der Waals surface area contributed by atoms with Crippen LogP contribution in [0.1, 0.15) is 63.7 Å². The molecule has 0 saturated carbocycles. The molecule has 0 unspecified atom stereocenters. The van der Waals surface area contributed by atoms with Gasteiger partial charge in [0.15, 0.2) is 5.78 Å². The van der Waals surface area contributed by atoms with E-state index in [0.29, 0.717) is 18.5 Å². The molecule has 0 amide bonds. The predicted octanol–water partition coefficient (Wildman–Crippen LogP) is 3.23. The lowest BCUT2D eigenvalue weighted by molar-refractivity contribution is -0.117. The van der Waals surface area contributed by atoms with Gasteiger partial charge in [0.2, 0.25) is 0 Å². The van der Waals surface area contributed by atoms with Crippen LogP contribution in [-0.4, -0.2) is 16.1 Å². The highest BCUT2D eigenvalue weighted by molar-refractivity contribution is 5.93. The van der Waals surface area contributed by atoms with Crippen LogP contribution in [0, 0.1) is 0 Å². The van der Waals surface area contributed by atoms with Gasteiger partial charge in [0, 0.05) is 30.8 Å². The molecule has 0 bridgehead atoms. The van der Waals surface area contributed by atoms with Crippen LogP contribution < -0.4 is 5.56 Å². The Kier molecular flexibility index (Phi) is 9.26. The van der Waals surface area contributed by atoms with Gasteiger partial charge >= 0.3 is 0 Å². The first-order chi connectivity index (χ1) is 9.50. The summed E-state index contributed by atoms with van der Waals surface area (Å²) in [6, 6.07) is 2.98. The fourth-order valence-electron chi connectivity index (χ4n) is 1.75. The van der Waals surface area contributed by atoms with Crippen LogP contribution in [0.3, 0.4) is 0 Å². The molecule has 0 atom stereocenters. The van der Waals surface area contributed by atoms with Gasteiger partial charge in [0.25, 0.3) is 5.56 Å². The van der Waals surface area contributed by atoms with Crippen molar-refractivity contribution in [2.75, 3.05) is 0 Å². The number of unbranched alkanes of at least 4 members (excludes halogenated alkanes) is 2. The quantitative estimate of drug-likeness (QED) is 0.569. The van der Waals surface area contributed by atoms with Crippen LogP contribution in [0.25, 0.3) is 0 Å².